The molecule has 4 nitrogen and oxygen atoms in total. The Hall–Kier alpha value is -0.970. The summed E-state index contributed by atoms with van der Waals surface area (Å²) in [6, 6.07) is 4.32. The van der Waals surface area contributed by atoms with Crippen molar-refractivity contribution in [2.24, 2.45) is 5.73 Å². The summed E-state index contributed by atoms with van der Waals surface area (Å²) in [6.07, 6.45) is 3.42. The first-order chi connectivity index (χ1) is 9.66. The number of nitrogens with zero attached hydrogens (tertiary/aromatic N) is 1. The molecule has 110 valence electrons. The Morgan fingerprint density at radius 3 is 2.90 bits per heavy atom. The number of ether oxygens (including phenoxy) is 2. The lowest BCUT2D eigenvalue weighted by atomic mass is 9.96. The molecule has 0 aliphatic carbocycles. The molecule has 1 fully saturated rings. The van der Waals surface area contributed by atoms with Gasteiger partial charge in [0.2, 0.25) is 0 Å². The molecule has 2 unspecified atom stereocenters. The molecule has 0 bridgehead atoms. The summed E-state index contributed by atoms with van der Waals surface area (Å²) in [7, 11) is 2.13. The number of nitrogens with two attached hydrogens (primary N) is 1. The minimum atomic E-state index is 0.126. The molecule has 0 aromatic heterocycles. The molecule has 1 saturated heterocycles. The second-order valence-corrected chi connectivity index (χ2v) is 6.02. The van der Waals surface area contributed by atoms with Crippen molar-refractivity contribution in [3.8, 4) is 11.5 Å². The highest BCUT2D eigenvalue weighted by Gasteiger charge is 2.28. The molecule has 0 spiro atoms. The fraction of sp³-hybridized carbons (Fsp3) is 0.600. The normalized spacial score (nSPS) is 27.1. The number of likely N-dealkylation sites (tertiary alicyclic amines) is 1. The van der Waals surface area contributed by atoms with Gasteiger partial charge in [0.15, 0.2) is 11.5 Å². The van der Waals surface area contributed by atoms with Gasteiger partial charge in [0.05, 0.1) is 5.02 Å². The summed E-state index contributed by atoms with van der Waals surface area (Å²) in [4.78, 5) is 2.32. The third kappa shape index (κ3) is 2.60. The number of halogens is 1. The average Bonchev–Trinajstić information content (AvgIpc) is 2.60. The van der Waals surface area contributed by atoms with Crippen LogP contribution in [0.3, 0.4) is 0 Å². The quantitative estimate of drug-likeness (QED) is 0.865. The predicted molar refractivity (Wildman–Crippen MR) is 79.6 cm³/mol. The lowest BCUT2D eigenvalue weighted by Gasteiger charge is -2.31. The SMILES string of the molecule is CN1CCCCC(N)C1c1cc(Cl)c2c(c1)OCCO2. The number of benzene rings is 1. The maximum Gasteiger partial charge on any atom is 0.179 e. The molecule has 0 radical (unpaired) electrons. The summed E-state index contributed by atoms with van der Waals surface area (Å²) in [6.45, 7) is 2.18. The summed E-state index contributed by atoms with van der Waals surface area (Å²) in [5, 5.41) is 0.613. The van der Waals surface area contributed by atoms with Gasteiger partial charge in [-0.15, -0.1) is 0 Å². The van der Waals surface area contributed by atoms with Crippen molar-refractivity contribution >= 4 is 11.6 Å². The molecule has 5 heteroatoms. The number of hydrogen-bond acceptors (Lipinski definition) is 4. The predicted octanol–water partition coefficient (Wildman–Crippen LogP) is 2.60. The molecule has 3 rings (SSSR count). The van der Waals surface area contributed by atoms with Gasteiger partial charge < -0.3 is 15.2 Å². The monoisotopic (exact) mass is 296 g/mol. The Bertz CT molecular complexity index is 483. The molecule has 0 saturated carbocycles. The summed E-state index contributed by atoms with van der Waals surface area (Å²) in [5.41, 5.74) is 7.49. The van der Waals surface area contributed by atoms with Gasteiger partial charge in [0.25, 0.3) is 0 Å². The molecule has 2 N–H and O–H groups in total. The van der Waals surface area contributed by atoms with Gasteiger partial charge in [-0.05, 0) is 44.1 Å². The van der Waals surface area contributed by atoms with Gasteiger partial charge >= 0.3 is 0 Å². The van der Waals surface area contributed by atoms with Crippen molar-refractivity contribution in [3.63, 3.8) is 0 Å². The number of hydrogen-bond donors (Lipinski definition) is 1. The van der Waals surface area contributed by atoms with Crippen molar-refractivity contribution in [2.75, 3.05) is 26.8 Å². The van der Waals surface area contributed by atoms with Crippen LogP contribution in [-0.2, 0) is 0 Å². The summed E-state index contributed by atoms with van der Waals surface area (Å²) < 4.78 is 11.2. The zero-order chi connectivity index (χ0) is 14.1. The second kappa shape index (κ2) is 5.80. The lowest BCUT2D eigenvalue weighted by molar-refractivity contribution is 0.170. The van der Waals surface area contributed by atoms with E-state index in [1.165, 1.54) is 12.8 Å². The van der Waals surface area contributed by atoms with Crippen molar-refractivity contribution in [1.29, 1.82) is 0 Å². The van der Waals surface area contributed by atoms with Crippen LogP contribution in [0, 0.1) is 0 Å². The van der Waals surface area contributed by atoms with Crippen LogP contribution in [0.1, 0.15) is 30.9 Å². The van der Waals surface area contributed by atoms with Gasteiger partial charge in [-0.25, -0.2) is 0 Å². The molecule has 2 aliphatic rings. The largest absolute Gasteiger partial charge is 0.486 e. The maximum atomic E-state index is 6.37. The maximum absolute atomic E-state index is 6.37. The highest BCUT2D eigenvalue weighted by Crippen LogP contribution is 2.41. The minimum absolute atomic E-state index is 0.126. The van der Waals surface area contributed by atoms with Crippen LogP contribution in [0.5, 0.6) is 11.5 Å². The molecular formula is C15H21ClN2O2. The van der Waals surface area contributed by atoms with E-state index in [0.29, 0.717) is 24.0 Å². The number of fused-ring (bicyclic) bond motifs is 1. The highest BCUT2D eigenvalue weighted by molar-refractivity contribution is 6.32. The number of likely N-dealkylation sites (N-methyl/N-ethyl adjacent to an activating group) is 1. The van der Waals surface area contributed by atoms with E-state index in [1.54, 1.807) is 0 Å². The molecule has 1 aromatic rings. The lowest BCUT2D eigenvalue weighted by Crippen LogP contribution is -2.37. The van der Waals surface area contributed by atoms with E-state index in [1.807, 2.05) is 12.1 Å². The Balaban J connectivity index is 1.98. The Morgan fingerprint density at radius 2 is 2.05 bits per heavy atom. The minimum Gasteiger partial charge on any atom is -0.486 e. The first kappa shape index (κ1) is 14.0. The van der Waals surface area contributed by atoms with Crippen LogP contribution in [0.4, 0.5) is 0 Å². The van der Waals surface area contributed by atoms with E-state index in [-0.39, 0.29) is 12.1 Å². The Labute approximate surface area is 124 Å². The Morgan fingerprint density at radius 1 is 1.25 bits per heavy atom. The zero-order valence-corrected chi connectivity index (χ0v) is 12.5. The van der Waals surface area contributed by atoms with Gasteiger partial charge in [0, 0.05) is 12.1 Å². The van der Waals surface area contributed by atoms with E-state index < -0.39 is 0 Å². The molecular weight excluding hydrogens is 276 g/mol. The van der Waals surface area contributed by atoms with Crippen molar-refractivity contribution in [1.82, 2.24) is 4.90 Å². The van der Waals surface area contributed by atoms with Gasteiger partial charge in [-0.2, -0.15) is 0 Å². The van der Waals surface area contributed by atoms with E-state index in [0.717, 1.165) is 24.3 Å². The van der Waals surface area contributed by atoms with Crippen molar-refractivity contribution in [3.05, 3.63) is 22.7 Å². The van der Waals surface area contributed by atoms with Crippen molar-refractivity contribution in [2.45, 2.75) is 31.3 Å². The first-order valence-corrected chi connectivity index (χ1v) is 7.59. The van der Waals surface area contributed by atoms with Crippen LogP contribution >= 0.6 is 11.6 Å². The fourth-order valence-corrected chi connectivity index (χ4v) is 3.44. The van der Waals surface area contributed by atoms with Crippen LogP contribution < -0.4 is 15.2 Å². The van der Waals surface area contributed by atoms with Gasteiger partial charge in [0.1, 0.15) is 13.2 Å². The average molecular weight is 297 g/mol. The first-order valence-electron chi connectivity index (χ1n) is 7.21. The molecule has 2 heterocycles. The van der Waals surface area contributed by atoms with Crippen molar-refractivity contribution < 1.29 is 9.47 Å². The molecule has 2 aliphatic heterocycles. The van der Waals surface area contributed by atoms with E-state index in [4.69, 9.17) is 26.8 Å². The van der Waals surface area contributed by atoms with E-state index in [2.05, 4.69) is 11.9 Å². The molecule has 2 atom stereocenters. The third-order valence-electron chi connectivity index (χ3n) is 4.14. The Kier molecular flexibility index (Phi) is 4.06. The van der Waals surface area contributed by atoms with Gasteiger partial charge in [-0.3, -0.25) is 4.90 Å². The topological polar surface area (TPSA) is 47.7 Å². The fourth-order valence-electron chi connectivity index (χ4n) is 3.17. The highest BCUT2D eigenvalue weighted by atomic mass is 35.5. The number of rotatable bonds is 1. The van der Waals surface area contributed by atoms with Crippen LogP contribution in [0.2, 0.25) is 5.02 Å². The van der Waals surface area contributed by atoms with Crippen LogP contribution in [0.25, 0.3) is 0 Å². The van der Waals surface area contributed by atoms with Crippen LogP contribution in [0.15, 0.2) is 12.1 Å². The third-order valence-corrected chi connectivity index (χ3v) is 4.42. The van der Waals surface area contributed by atoms with Gasteiger partial charge in [-0.1, -0.05) is 18.0 Å². The second-order valence-electron chi connectivity index (χ2n) is 5.61. The molecule has 20 heavy (non-hydrogen) atoms. The molecule has 1 aromatic carbocycles. The molecule has 0 amide bonds. The summed E-state index contributed by atoms with van der Waals surface area (Å²) >= 11 is 6.34. The van der Waals surface area contributed by atoms with E-state index in [9.17, 15) is 0 Å². The smallest absolute Gasteiger partial charge is 0.179 e. The van der Waals surface area contributed by atoms with E-state index >= 15 is 0 Å². The summed E-state index contributed by atoms with van der Waals surface area (Å²) in [5.74, 6) is 1.40. The zero-order valence-electron chi connectivity index (χ0n) is 11.8. The van der Waals surface area contributed by atoms with Crippen LogP contribution in [-0.4, -0.2) is 37.7 Å². The standard InChI is InChI=1S/C15H21ClN2O2/c1-18-5-3-2-4-12(17)14(18)10-8-11(16)15-13(9-10)19-6-7-20-15/h8-9,12,14H,2-7,17H2,1H3.